The topological polar surface area (TPSA) is 70.2 Å². The number of amides is 3. The molecule has 0 saturated heterocycles. The van der Waals surface area contributed by atoms with Crippen molar-refractivity contribution >= 4 is 23.3 Å². The van der Waals surface area contributed by atoms with Crippen LogP contribution < -0.4 is 16.0 Å². The van der Waals surface area contributed by atoms with Crippen LogP contribution in [0.15, 0.2) is 84.9 Å². The fourth-order valence-corrected chi connectivity index (χ4v) is 3.03. The minimum Gasteiger partial charge on any atom is -0.341 e. The van der Waals surface area contributed by atoms with Crippen molar-refractivity contribution in [3.8, 4) is 0 Å². The van der Waals surface area contributed by atoms with E-state index in [2.05, 4.69) is 16.0 Å². The quantitative estimate of drug-likeness (QED) is 0.591. The predicted molar refractivity (Wildman–Crippen MR) is 112 cm³/mol. The zero-order valence-electron chi connectivity index (χ0n) is 15.7. The lowest BCUT2D eigenvalue weighted by Crippen LogP contribution is -2.24. The van der Waals surface area contributed by atoms with Crippen molar-refractivity contribution in [2.75, 3.05) is 17.7 Å². The van der Waals surface area contributed by atoms with Gasteiger partial charge in [0.25, 0.3) is 0 Å². The van der Waals surface area contributed by atoms with E-state index in [1.54, 1.807) is 31.3 Å². The third kappa shape index (κ3) is 5.20. The summed E-state index contributed by atoms with van der Waals surface area (Å²) in [6, 6.07) is 26.8. The Balaban J connectivity index is 1.70. The molecule has 142 valence electrons. The highest BCUT2D eigenvalue weighted by atomic mass is 16.2. The molecule has 0 aliphatic carbocycles. The minimum atomic E-state index is -0.287. The monoisotopic (exact) mass is 373 g/mol. The van der Waals surface area contributed by atoms with E-state index < -0.39 is 0 Å². The highest BCUT2D eigenvalue weighted by Crippen LogP contribution is 2.28. The number of hydrogen-bond acceptors (Lipinski definition) is 2. The summed E-state index contributed by atoms with van der Waals surface area (Å²) in [7, 11) is 1.56. The third-order valence-corrected chi connectivity index (χ3v) is 4.45. The Morgan fingerprint density at radius 1 is 0.714 bits per heavy atom. The van der Waals surface area contributed by atoms with Crippen molar-refractivity contribution < 1.29 is 9.59 Å². The SMILES string of the molecule is CNC(=O)Nc1ccc(NC(=O)CC(c2ccccc2)c2ccccc2)cc1. The molecule has 0 bridgehead atoms. The Morgan fingerprint density at radius 2 is 1.18 bits per heavy atom. The van der Waals surface area contributed by atoms with E-state index in [-0.39, 0.29) is 17.9 Å². The Bertz CT molecular complexity index is 870. The summed E-state index contributed by atoms with van der Waals surface area (Å²) in [6.07, 6.45) is 0.340. The van der Waals surface area contributed by atoms with Gasteiger partial charge >= 0.3 is 6.03 Å². The first-order valence-corrected chi connectivity index (χ1v) is 9.14. The fourth-order valence-electron chi connectivity index (χ4n) is 3.03. The Kier molecular flexibility index (Phi) is 6.41. The lowest BCUT2D eigenvalue weighted by atomic mass is 9.88. The minimum absolute atomic E-state index is 0.0170. The molecule has 0 fully saturated rings. The molecule has 0 radical (unpaired) electrons. The number of anilines is 2. The van der Waals surface area contributed by atoms with Crippen LogP contribution in [0.2, 0.25) is 0 Å². The van der Waals surface area contributed by atoms with Gasteiger partial charge in [0.05, 0.1) is 0 Å². The van der Waals surface area contributed by atoms with Gasteiger partial charge in [-0.2, -0.15) is 0 Å². The molecule has 3 aromatic rings. The second-order valence-electron chi connectivity index (χ2n) is 6.41. The lowest BCUT2D eigenvalue weighted by Gasteiger charge is -2.18. The van der Waals surface area contributed by atoms with Crippen LogP contribution in [0.5, 0.6) is 0 Å². The van der Waals surface area contributed by atoms with Crippen molar-refractivity contribution in [1.29, 1.82) is 0 Å². The molecule has 0 aromatic heterocycles. The predicted octanol–water partition coefficient (Wildman–Crippen LogP) is 4.60. The molecule has 0 unspecified atom stereocenters. The van der Waals surface area contributed by atoms with Gasteiger partial charge in [-0.1, -0.05) is 60.7 Å². The fraction of sp³-hybridized carbons (Fsp3) is 0.130. The molecular weight excluding hydrogens is 350 g/mol. The van der Waals surface area contributed by atoms with E-state index in [0.717, 1.165) is 11.1 Å². The molecule has 0 aliphatic heterocycles. The summed E-state index contributed by atoms with van der Waals surface area (Å²) in [5.41, 5.74) is 3.55. The highest BCUT2D eigenvalue weighted by molar-refractivity contribution is 5.92. The van der Waals surface area contributed by atoms with Crippen LogP contribution in [-0.4, -0.2) is 19.0 Å². The maximum Gasteiger partial charge on any atom is 0.318 e. The number of urea groups is 1. The molecular formula is C23H23N3O2. The molecule has 3 aromatic carbocycles. The van der Waals surface area contributed by atoms with Gasteiger partial charge < -0.3 is 16.0 Å². The molecule has 3 N–H and O–H groups in total. The van der Waals surface area contributed by atoms with E-state index in [9.17, 15) is 9.59 Å². The van der Waals surface area contributed by atoms with Crippen molar-refractivity contribution in [2.45, 2.75) is 12.3 Å². The van der Waals surface area contributed by atoms with Gasteiger partial charge in [-0.3, -0.25) is 4.79 Å². The van der Waals surface area contributed by atoms with Crippen LogP contribution in [0.1, 0.15) is 23.5 Å². The number of carbonyl (C=O) groups excluding carboxylic acids is 2. The second kappa shape index (κ2) is 9.37. The van der Waals surface area contributed by atoms with Crippen molar-refractivity contribution in [3.63, 3.8) is 0 Å². The molecule has 3 rings (SSSR count). The maximum absolute atomic E-state index is 12.7. The largest absolute Gasteiger partial charge is 0.341 e. The van der Waals surface area contributed by atoms with Crippen molar-refractivity contribution in [2.24, 2.45) is 0 Å². The van der Waals surface area contributed by atoms with Gasteiger partial charge in [-0.15, -0.1) is 0 Å². The first-order chi connectivity index (χ1) is 13.7. The summed E-state index contributed by atoms with van der Waals surface area (Å²) >= 11 is 0. The first kappa shape index (κ1) is 19.2. The van der Waals surface area contributed by atoms with E-state index >= 15 is 0 Å². The van der Waals surface area contributed by atoms with Gasteiger partial charge in [-0.05, 0) is 35.4 Å². The van der Waals surface area contributed by atoms with Gasteiger partial charge in [-0.25, -0.2) is 4.79 Å². The molecule has 5 nitrogen and oxygen atoms in total. The van der Waals surface area contributed by atoms with Gasteiger partial charge in [0.1, 0.15) is 0 Å². The molecule has 5 heteroatoms. The standard InChI is InChI=1S/C23H23N3O2/c1-24-23(28)26-20-14-12-19(13-15-20)25-22(27)16-21(17-8-4-2-5-9-17)18-10-6-3-7-11-18/h2-15,21H,16H2,1H3,(H,25,27)(H2,24,26,28). The average Bonchev–Trinajstić information content (AvgIpc) is 2.74. The van der Waals surface area contributed by atoms with Crippen LogP contribution >= 0.6 is 0 Å². The van der Waals surface area contributed by atoms with E-state index in [0.29, 0.717) is 17.8 Å². The van der Waals surface area contributed by atoms with Crippen LogP contribution in [0.3, 0.4) is 0 Å². The highest BCUT2D eigenvalue weighted by Gasteiger charge is 2.18. The average molecular weight is 373 g/mol. The Morgan fingerprint density at radius 3 is 1.64 bits per heavy atom. The van der Waals surface area contributed by atoms with Gasteiger partial charge in [0.15, 0.2) is 0 Å². The summed E-state index contributed by atoms with van der Waals surface area (Å²) < 4.78 is 0. The molecule has 28 heavy (non-hydrogen) atoms. The summed E-state index contributed by atoms with van der Waals surface area (Å²) in [5, 5.41) is 8.12. The Labute approximate surface area is 164 Å². The zero-order chi connectivity index (χ0) is 19.8. The summed E-state index contributed by atoms with van der Waals surface area (Å²) in [6.45, 7) is 0. The number of benzene rings is 3. The second-order valence-corrected chi connectivity index (χ2v) is 6.41. The van der Waals surface area contributed by atoms with Crippen LogP contribution in [0, 0.1) is 0 Å². The van der Waals surface area contributed by atoms with Crippen LogP contribution in [0.25, 0.3) is 0 Å². The number of hydrogen-bond donors (Lipinski definition) is 3. The van der Waals surface area contributed by atoms with E-state index in [4.69, 9.17) is 0 Å². The molecule has 0 aliphatic rings. The van der Waals surface area contributed by atoms with Crippen molar-refractivity contribution in [3.05, 3.63) is 96.1 Å². The van der Waals surface area contributed by atoms with E-state index in [1.165, 1.54) is 0 Å². The van der Waals surface area contributed by atoms with Gasteiger partial charge in [0.2, 0.25) is 5.91 Å². The first-order valence-electron chi connectivity index (χ1n) is 9.14. The number of carbonyl (C=O) groups is 2. The third-order valence-electron chi connectivity index (χ3n) is 4.45. The lowest BCUT2D eigenvalue weighted by molar-refractivity contribution is -0.116. The number of nitrogens with one attached hydrogen (secondary N) is 3. The van der Waals surface area contributed by atoms with E-state index in [1.807, 2.05) is 60.7 Å². The number of rotatable bonds is 6. The smallest absolute Gasteiger partial charge is 0.318 e. The summed E-state index contributed by atoms with van der Waals surface area (Å²) in [4.78, 5) is 24.0. The van der Waals surface area contributed by atoms with Gasteiger partial charge in [0, 0.05) is 30.8 Å². The van der Waals surface area contributed by atoms with Crippen molar-refractivity contribution in [1.82, 2.24) is 5.32 Å². The maximum atomic E-state index is 12.7. The molecule has 0 heterocycles. The molecule has 0 spiro atoms. The molecule has 0 saturated carbocycles. The van der Waals surface area contributed by atoms with Crippen LogP contribution in [0.4, 0.5) is 16.2 Å². The Hall–Kier alpha value is -3.60. The molecule has 0 atom stereocenters. The normalized spacial score (nSPS) is 10.4. The van der Waals surface area contributed by atoms with Crippen LogP contribution in [-0.2, 0) is 4.79 Å². The zero-order valence-corrected chi connectivity index (χ0v) is 15.7. The molecule has 3 amide bonds. The summed E-state index contributed by atoms with van der Waals surface area (Å²) in [5.74, 6) is -0.0821.